The van der Waals surface area contributed by atoms with Crippen molar-refractivity contribution < 1.29 is 9.53 Å². The summed E-state index contributed by atoms with van der Waals surface area (Å²) in [5.41, 5.74) is 3.42. The van der Waals surface area contributed by atoms with E-state index in [0.717, 1.165) is 23.4 Å². The molecule has 0 saturated heterocycles. The zero-order valence-corrected chi connectivity index (χ0v) is 15.2. The first-order chi connectivity index (χ1) is 12.2. The minimum absolute atomic E-state index is 0.140. The fourth-order valence-electron chi connectivity index (χ4n) is 2.52. The number of nitrogens with one attached hydrogen (secondary N) is 2. The first-order valence-corrected chi connectivity index (χ1v) is 9.15. The van der Waals surface area contributed by atoms with Crippen molar-refractivity contribution in [3.63, 3.8) is 0 Å². The number of hydrogen-bond donors (Lipinski definition) is 2. The molecule has 1 aromatic carbocycles. The molecule has 0 saturated carbocycles. The number of carbonyl (C=O) groups is 1. The highest BCUT2D eigenvalue weighted by molar-refractivity contribution is 7.10. The summed E-state index contributed by atoms with van der Waals surface area (Å²) in [5.74, 6) is 0.683. The van der Waals surface area contributed by atoms with Crippen LogP contribution in [0.1, 0.15) is 27.9 Å². The number of aromatic nitrogens is 2. The van der Waals surface area contributed by atoms with Crippen molar-refractivity contribution in [3.05, 3.63) is 57.9 Å². The van der Waals surface area contributed by atoms with Crippen molar-refractivity contribution in [2.45, 2.75) is 20.3 Å². The van der Waals surface area contributed by atoms with Crippen LogP contribution in [0.4, 0.5) is 0 Å². The van der Waals surface area contributed by atoms with E-state index in [1.807, 2.05) is 31.2 Å². The summed E-state index contributed by atoms with van der Waals surface area (Å²) in [5, 5.41) is 12.0. The zero-order valence-electron chi connectivity index (χ0n) is 14.3. The van der Waals surface area contributed by atoms with E-state index in [2.05, 4.69) is 33.9 Å². The first-order valence-electron chi connectivity index (χ1n) is 8.27. The van der Waals surface area contributed by atoms with Crippen molar-refractivity contribution in [2.24, 2.45) is 0 Å². The molecule has 3 rings (SSSR count). The van der Waals surface area contributed by atoms with Gasteiger partial charge in [-0.2, -0.15) is 5.10 Å². The standard InChI is InChI=1S/C19H21N3O2S/c1-3-24-15-6-4-14(5-7-15)16-12-17(22-21-16)19(23)20-10-8-18-13(2)9-11-25-18/h4-7,9,11-12H,3,8,10H2,1-2H3,(H,20,23)(H,21,22). The maximum Gasteiger partial charge on any atom is 0.269 e. The van der Waals surface area contributed by atoms with Crippen LogP contribution >= 0.6 is 11.3 Å². The van der Waals surface area contributed by atoms with Gasteiger partial charge in [-0.1, -0.05) is 0 Å². The van der Waals surface area contributed by atoms with Gasteiger partial charge in [-0.25, -0.2) is 0 Å². The molecule has 130 valence electrons. The van der Waals surface area contributed by atoms with Crippen LogP contribution < -0.4 is 10.1 Å². The maximum atomic E-state index is 12.2. The molecule has 0 aliphatic heterocycles. The van der Waals surface area contributed by atoms with Gasteiger partial charge in [-0.05, 0) is 67.6 Å². The normalized spacial score (nSPS) is 10.6. The SMILES string of the molecule is CCOc1ccc(-c2cc(C(=O)NCCc3sccc3C)[nH]n2)cc1. The summed E-state index contributed by atoms with van der Waals surface area (Å²) in [6.45, 7) is 5.28. The highest BCUT2D eigenvalue weighted by Crippen LogP contribution is 2.21. The molecule has 0 unspecified atom stereocenters. The molecule has 25 heavy (non-hydrogen) atoms. The van der Waals surface area contributed by atoms with E-state index < -0.39 is 0 Å². The van der Waals surface area contributed by atoms with Gasteiger partial charge in [-0.15, -0.1) is 11.3 Å². The molecule has 5 nitrogen and oxygen atoms in total. The quantitative estimate of drug-likeness (QED) is 0.677. The lowest BCUT2D eigenvalue weighted by Gasteiger charge is -2.03. The average Bonchev–Trinajstić information content (AvgIpc) is 3.26. The maximum absolute atomic E-state index is 12.2. The Morgan fingerprint density at radius 1 is 1.28 bits per heavy atom. The smallest absolute Gasteiger partial charge is 0.269 e. The van der Waals surface area contributed by atoms with Gasteiger partial charge in [0.15, 0.2) is 0 Å². The Morgan fingerprint density at radius 2 is 2.08 bits per heavy atom. The molecule has 2 aromatic heterocycles. The van der Waals surface area contributed by atoms with E-state index >= 15 is 0 Å². The third-order valence-corrected chi connectivity index (χ3v) is 4.97. The monoisotopic (exact) mass is 355 g/mol. The number of amides is 1. The van der Waals surface area contributed by atoms with Crippen LogP contribution in [-0.2, 0) is 6.42 Å². The first kappa shape index (κ1) is 17.2. The Hall–Kier alpha value is -2.60. The second kappa shape index (κ2) is 7.98. The van der Waals surface area contributed by atoms with Crippen LogP contribution in [0.2, 0.25) is 0 Å². The lowest BCUT2D eigenvalue weighted by atomic mass is 10.1. The van der Waals surface area contributed by atoms with Crippen molar-refractivity contribution in [2.75, 3.05) is 13.2 Å². The Bertz CT molecular complexity index is 836. The Labute approximate surface area is 151 Å². The molecule has 0 bridgehead atoms. The molecule has 0 spiro atoms. The van der Waals surface area contributed by atoms with Crippen LogP contribution in [0, 0.1) is 6.92 Å². The largest absolute Gasteiger partial charge is 0.494 e. The number of hydrogen-bond acceptors (Lipinski definition) is 4. The van der Waals surface area contributed by atoms with Gasteiger partial charge in [0.05, 0.1) is 12.3 Å². The third-order valence-electron chi connectivity index (χ3n) is 3.89. The minimum atomic E-state index is -0.140. The van der Waals surface area contributed by atoms with Gasteiger partial charge in [0.1, 0.15) is 11.4 Å². The van der Waals surface area contributed by atoms with Gasteiger partial charge in [-0.3, -0.25) is 9.89 Å². The molecule has 0 radical (unpaired) electrons. The summed E-state index contributed by atoms with van der Waals surface area (Å²) in [4.78, 5) is 13.5. The van der Waals surface area contributed by atoms with Crippen molar-refractivity contribution in [3.8, 4) is 17.0 Å². The molecule has 0 aliphatic rings. The number of aryl methyl sites for hydroxylation is 1. The Balaban J connectivity index is 1.58. The lowest BCUT2D eigenvalue weighted by Crippen LogP contribution is -2.25. The van der Waals surface area contributed by atoms with Crippen LogP contribution in [-0.4, -0.2) is 29.3 Å². The van der Waals surface area contributed by atoms with Crippen molar-refractivity contribution in [1.29, 1.82) is 0 Å². The molecular formula is C19H21N3O2S. The minimum Gasteiger partial charge on any atom is -0.494 e. The highest BCUT2D eigenvalue weighted by atomic mass is 32.1. The Kier molecular flexibility index (Phi) is 5.50. The van der Waals surface area contributed by atoms with Crippen LogP contribution in [0.25, 0.3) is 11.3 Å². The fourth-order valence-corrected chi connectivity index (χ4v) is 3.43. The van der Waals surface area contributed by atoms with Crippen LogP contribution in [0.3, 0.4) is 0 Å². The Morgan fingerprint density at radius 3 is 2.76 bits per heavy atom. The second-order valence-corrected chi connectivity index (χ2v) is 6.66. The van der Waals surface area contributed by atoms with E-state index in [4.69, 9.17) is 4.74 Å². The van der Waals surface area contributed by atoms with E-state index in [1.54, 1.807) is 17.4 Å². The fraction of sp³-hybridized carbons (Fsp3) is 0.263. The van der Waals surface area contributed by atoms with E-state index in [-0.39, 0.29) is 5.91 Å². The molecule has 6 heteroatoms. The predicted octanol–water partition coefficient (Wildman–Crippen LogP) is 3.82. The van der Waals surface area contributed by atoms with Crippen molar-refractivity contribution in [1.82, 2.24) is 15.5 Å². The molecule has 3 aromatic rings. The van der Waals surface area contributed by atoms with Crippen LogP contribution in [0.5, 0.6) is 5.75 Å². The summed E-state index contributed by atoms with van der Waals surface area (Å²) >= 11 is 1.72. The number of aromatic amines is 1. The molecule has 2 heterocycles. The topological polar surface area (TPSA) is 67.0 Å². The number of thiophene rings is 1. The summed E-state index contributed by atoms with van der Waals surface area (Å²) < 4.78 is 5.43. The summed E-state index contributed by atoms with van der Waals surface area (Å²) in [6, 6.07) is 11.5. The third kappa shape index (κ3) is 4.28. The molecule has 0 fully saturated rings. The summed E-state index contributed by atoms with van der Waals surface area (Å²) in [6.07, 6.45) is 0.842. The number of benzene rings is 1. The second-order valence-electron chi connectivity index (χ2n) is 5.66. The van der Waals surface area contributed by atoms with Gasteiger partial charge in [0.25, 0.3) is 5.91 Å². The number of ether oxygens (including phenoxy) is 1. The lowest BCUT2D eigenvalue weighted by molar-refractivity contribution is 0.0949. The molecule has 0 atom stereocenters. The average molecular weight is 355 g/mol. The molecule has 2 N–H and O–H groups in total. The number of H-pyrrole nitrogens is 1. The number of carbonyl (C=O) groups excluding carboxylic acids is 1. The molecular weight excluding hydrogens is 334 g/mol. The van der Waals surface area contributed by atoms with Gasteiger partial charge >= 0.3 is 0 Å². The predicted molar refractivity (Wildman–Crippen MR) is 100 cm³/mol. The van der Waals surface area contributed by atoms with E-state index in [1.165, 1.54) is 10.4 Å². The van der Waals surface area contributed by atoms with Crippen molar-refractivity contribution >= 4 is 17.2 Å². The number of rotatable bonds is 7. The molecule has 0 aliphatic carbocycles. The zero-order chi connectivity index (χ0) is 17.6. The van der Waals surface area contributed by atoms with Gasteiger partial charge in [0.2, 0.25) is 0 Å². The van der Waals surface area contributed by atoms with Gasteiger partial charge < -0.3 is 10.1 Å². The summed E-state index contributed by atoms with van der Waals surface area (Å²) in [7, 11) is 0. The highest BCUT2D eigenvalue weighted by Gasteiger charge is 2.11. The molecule has 1 amide bonds. The van der Waals surface area contributed by atoms with E-state index in [0.29, 0.717) is 18.8 Å². The number of nitrogens with zero attached hydrogens (tertiary/aromatic N) is 1. The van der Waals surface area contributed by atoms with Crippen LogP contribution in [0.15, 0.2) is 41.8 Å². The van der Waals surface area contributed by atoms with E-state index in [9.17, 15) is 4.79 Å². The van der Waals surface area contributed by atoms with Gasteiger partial charge in [0, 0.05) is 17.0 Å².